The van der Waals surface area contributed by atoms with Crippen LogP contribution in [0.5, 0.6) is 5.75 Å². The van der Waals surface area contributed by atoms with Gasteiger partial charge in [-0.2, -0.15) is 0 Å². The lowest BCUT2D eigenvalue weighted by Crippen LogP contribution is -2.62. The molecule has 0 aliphatic carbocycles. The molecule has 0 aromatic heterocycles. The Labute approximate surface area is 142 Å². The van der Waals surface area contributed by atoms with Crippen LogP contribution in [-0.2, 0) is 9.53 Å². The van der Waals surface area contributed by atoms with Gasteiger partial charge in [0, 0.05) is 26.1 Å². The highest BCUT2D eigenvalue weighted by atomic mass is 16.6. The van der Waals surface area contributed by atoms with E-state index in [0.717, 1.165) is 12.2 Å². The average molecular weight is 332 g/mol. The second-order valence-electron chi connectivity index (χ2n) is 6.36. The first-order chi connectivity index (χ1) is 11.6. The van der Waals surface area contributed by atoms with E-state index in [1.54, 1.807) is 4.90 Å². The van der Waals surface area contributed by atoms with E-state index in [4.69, 9.17) is 9.47 Å². The molecule has 130 valence electrons. The number of carbonyl (C=O) groups is 2. The third kappa shape index (κ3) is 3.32. The average Bonchev–Trinajstić information content (AvgIpc) is 2.96. The molecule has 2 amide bonds. The Balaban J connectivity index is 1.46. The number of nitrogens with zero attached hydrogens (tertiary/aromatic N) is 2. The number of para-hydroxylation sites is 1. The zero-order valence-electron chi connectivity index (χ0n) is 14.1. The smallest absolute Gasteiger partial charge is 0.410 e. The Hall–Kier alpha value is -2.24. The summed E-state index contributed by atoms with van der Waals surface area (Å²) in [6.07, 6.45) is 1.68. The molecule has 1 aromatic rings. The molecule has 2 aliphatic heterocycles. The number of carbonyl (C=O) groups excluding carboxylic acids is 2. The summed E-state index contributed by atoms with van der Waals surface area (Å²) >= 11 is 0. The Kier molecular flexibility index (Phi) is 4.92. The Morgan fingerprint density at radius 3 is 2.83 bits per heavy atom. The molecule has 0 spiro atoms. The molecular formula is C18H24N2O4. The van der Waals surface area contributed by atoms with Gasteiger partial charge in [0.2, 0.25) is 5.91 Å². The van der Waals surface area contributed by atoms with Gasteiger partial charge in [-0.3, -0.25) is 9.69 Å². The molecule has 1 unspecified atom stereocenters. The molecule has 2 heterocycles. The topological polar surface area (TPSA) is 59.1 Å². The number of rotatable bonds is 6. The fourth-order valence-electron chi connectivity index (χ4n) is 3.37. The molecule has 0 bridgehead atoms. The quantitative estimate of drug-likeness (QED) is 0.750. The van der Waals surface area contributed by atoms with Crippen LogP contribution in [0, 0.1) is 0 Å². The van der Waals surface area contributed by atoms with Crippen LogP contribution in [0.15, 0.2) is 30.3 Å². The number of ether oxygens (including phenoxy) is 2. The predicted molar refractivity (Wildman–Crippen MR) is 88.8 cm³/mol. The zero-order chi connectivity index (χ0) is 17.0. The second kappa shape index (κ2) is 7.11. The normalized spacial score (nSPS) is 23.0. The molecule has 24 heavy (non-hydrogen) atoms. The zero-order valence-corrected chi connectivity index (χ0v) is 14.1. The summed E-state index contributed by atoms with van der Waals surface area (Å²) in [5.41, 5.74) is -0.342. The van der Waals surface area contributed by atoms with E-state index in [1.807, 2.05) is 42.2 Å². The lowest BCUT2D eigenvalue weighted by molar-refractivity contribution is -0.135. The summed E-state index contributed by atoms with van der Waals surface area (Å²) < 4.78 is 10.8. The molecular weight excluding hydrogens is 308 g/mol. The number of fused-ring (bicyclic) bond motifs is 1. The number of piperazine rings is 1. The van der Waals surface area contributed by atoms with E-state index >= 15 is 0 Å². The minimum Gasteiger partial charge on any atom is -0.494 e. The summed E-state index contributed by atoms with van der Waals surface area (Å²) in [4.78, 5) is 27.9. The number of benzene rings is 1. The number of hydrogen-bond acceptors (Lipinski definition) is 4. The molecule has 2 saturated heterocycles. The van der Waals surface area contributed by atoms with Gasteiger partial charge in [-0.25, -0.2) is 4.79 Å². The lowest BCUT2D eigenvalue weighted by Gasteiger charge is -2.44. The van der Waals surface area contributed by atoms with E-state index in [9.17, 15) is 9.59 Å². The van der Waals surface area contributed by atoms with Crippen LogP contribution in [-0.4, -0.2) is 60.2 Å². The molecule has 2 fully saturated rings. The first-order valence-electron chi connectivity index (χ1n) is 8.55. The summed E-state index contributed by atoms with van der Waals surface area (Å²) in [5, 5.41) is 0. The highest BCUT2D eigenvalue weighted by molar-refractivity contribution is 5.77. The minimum atomic E-state index is -0.342. The van der Waals surface area contributed by atoms with Crippen molar-refractivity contribution >= 4 is 12.0 Å². The van der Waals surface area contributed by atoms with Gasteiger partial charge in [-0.15, -0.1) is 0 Å². The summed E-state index contributed by atoms with van der Waals surface area (Å²) in [6.45, 7) is 4.64. The van der Waals surface area contributed by atoms with Crippen molar-refractivity contribution in [3.05, 3.63) is 30.3 Å². The molecule has 0 N–H and O–H groups in total. The predicted octanol–water partition coefficient (Wildman–Crippen LogP) is 2.29. The monoisotopic (exact) mass is 332 g/mol. The van der Waals surface area contributed by atoms with E-state index in [-0.39, 0.29) is 17.5 Å². The number of hydrogen-bond donors (Lipinski definition) is 0. The van der Waals surface area contributed by atoms with Gasteiger partial charge >= 0.3 is 6.09 Å². The summed E-state index contributed by atoms with van der Waals surface area (Å²) in [7, 11) is 0. The molecule has 6 heteroatoms. The third-order valence-electron chi connectivity index (χ3n) is 4.89. The third-order valence-corrected chi connectivity index (χ3v) is 4.89. The highest BCUT2D eigenvalue weighted by Crippen LogP contribution is 2.31. The van der Waals surface area contributed by atoms with E-state index < -0.39 is 0 Å². The maximum atomic E-state index is 12.5. The first-order valence-corrected chi connectivity index (χ1v) is 8.55. The number of cyclic esters (lactones) is 1. The van der Waals surface area contributed by atoms with Crippen molar-refractivity contribution in [2.45, 2.75) is 31.7 Å². The maximum absolute atomic E-state index is 12.5. The van der Waals surface area contributed by atoms with Crippen molar-refractivity contribution in [3.63, 3.8) is 0 Å². The standard InChI is InChI=1S/C18H24N2O4/c1-2-18-13-19(10-11-20(18)17(22)24-14-18)16(21)9-6-12-23-15-7-4-3-5-8-15/h3-5,7-8H,2,6,9-14H2,1H3. The summed E-state index contributed by atoms with van der Waals surface area (Å²) in [6, 6.07) is 9.60. The van der Waals surface area contributed by atoms with Crippen LogP contribution in [0.4, 0.5) is 4.79 Å². The lowest BCUT2D eigenvalue weighted by atomic mass is 9.92. The van der Waals surface area contributed by atoms with Crippen molar-refractivity contribution in [1.82, 2.24) is 9.80 Å². The van der Waals surface area contributed by atoms with Crippen LogP contribution in [0.1, 0.15) is 26.2 Å². The van der Waals surface area contributed by atoms with Gasteiger partial charge in [-0.05, 0) is 25.0 Å². The molecule has 1 atom stereocenters. The van der Waals surface area contributed by atoms with Crippen LogP contribution < -0.4 is 4.74 Å². The Morgan fingerprint density at radius 1 is 1.29 bits per heavy atom. The van der Waals surface area contributed by atoms with Gasteiger partial charge in [0.05, 0.1) is 12.1 Å². The minimum absolute atomic E-state index is 0.124. The van der Waals surface area contributed by atoms with Crippen LogP contribution in [0.3, 0.4) is 0 Å². The van der Waals surface area contributed by atoms with Gasteiger partial charge in [0.25, 0.3) is 0 Å². The Morgan fingerprint density at radius 2 is 2.08 bits per heavy atom. The molecule has 0 saturated carbocycles. The largest absolute Gasteiger partial charge is 0.494 e. The van der Waals surface area contributed by atoms with Crippen molar-refractivity contribution in [2.75, 3.05) is 32.8 Å². The molecule has 3 rings (SSSR count). The second-order valence-corrected chi connectivity index (χ2v) is 6.36. The van der Waals surface area contributed by atoms with E-state index in [0.29, 0.717) is 45.7 Å². The molecule has 2 aliphatic rings. The van der Waals surface area contributed by atoms with Crippen molar-refractivity contribution in [2.24, 2.45) is 0 Å². The van der Waals surface area contributed by atoms with E-state index in [1.165, 1.54) is 0 Å². The fraction of sp³-hybridized carbons (Fsp3) is 0.556. The van der Waals surface area contributed by atoms with Crippen LogP contribution >= 0.6 is 0 Å². The molecule has 0 radical (unpaired) electrons. The van der Waals surface area contributed by atoms with Crippen LogP contribution in [0.2, 0.25) is 0 Å². The summed E-state index contributed by atoms with van der Waals surface area (Å²) in [5.74, 6) is 0.948. The van der Waals surface area contributed by atoms with Crippen LogP contribution in [0.25, 0.3) is 0 Å². The van der Waals surface area contributed by atoms with Gasteiger partial charge < -0.3 is 14.4 Å². The van der Waals surface area contributed by atoms with Crippen molar-refractivity contribution < 1.29 is 19.1 Å². The van der Waals surface area contributed by atoms with Crippen molar-refractivity contribution in [1.29, 1.82) is 0 Å². The van der Waals surface area contributed by atoms with E-state index in [2.05, 4.69) is 0 Å². The molecule has 6 nitrogen and oxygen atoms in total. The highest BCUT2D eigenvalue weighted by Gasteiger charge is 2.50. The Bertz CT molecular complexity index is 592. The SMILES string of the molecule is CCC12COC(=O)N1CCN(C(=O)CCCOc1ccccc1)C2. The van der Waals surface area contributed by atoms with Crippen molar-refractivity contribution in [3.8, 4) is 5.75 Å². The first kappa shape index (κ1) is 16.6. The van der Waals surface area contributed by atoms with Gasteiger partial charge in [0.15, 0.2) is 0 Å². The molecule has 1 aromatic carbocycles. The van der Waals surface area contributed by atoms with Gasteiger partial charge in [-0.1, -0.05) is 25.1 Å². The maximum Gasteiger partial charge on any atom is 0.410 e. The van der Waals surface area contributed by atoms with Gasteiger partial charge in [0.1, 0.15) is 12.4 Å². The number of amides is 2. The fourth-order valence-corrected chi connectivity index (χ4v) is 3.37.